The predicted molar refractivity (Wildman–Crippen MR) is 67.1 cm³/mol. The standard InChI is InChI=1S/C14H15F2NO2/c15-11-2-1-3-12(16)10(11)6-7-14(19)17-8-13(18)9-4-5-9/h1-3,6-7,9,13,18H,4-5,8H2,(H,17,19). The number of aliphatic hydroxyl groups is 1. The summed E-state index contributed by atoms with van der Waals surface area (Å²) in [6.45, 7) is 0.160. The van der Waals surface area contributed by atoms with Crippen molar-refractivity contribution in [1.29, 1.82) is 0 Å². The van der Waals surface area contributed by atoms with Gasteiger partial charge in [0.15, 0.2) is 0 Å². The van der Waals surface area contributed by atoms with Crippen LogP contribution in [0.5, 0.6) is 0 Å². The SMILES string of the molecule is O=C(C=Cc1c(F)cccc1F)NCC(O)C1CC1. The lowest BCUT2D eigenvalue weighted by atomic mass is 10.2. The molecule has 1 aromatic rings. The number of hydrogen-bond donors (Lipinski definition) is 2. The molecule has 1 aromatic carbocycles. The van der Waals surface area contributed by atoms with Gasteiger partial charge in [-0.25, -0.2) is 8.78 Å². The van der Waals surface area contributed by atoms with Crippen molar-refractivity contribution in [1.82, 2.24) is 5.32 Å². The van der Waals surface area contributed by atoms with Gasteiger partial charge in [0, 0.05) is 18.2 Å². The van der Waals surface area contributed by atoms with Gasteiger partial charge in [-0.1, -0.05) is 6.07 Å². The van der Waals surface area contributed by atoms with Gasteiger partial charge >= 0.3 is 0 Å². The Morgan fingerprint density at radius 2 is 2.05 bits per heavy atom. The first-order chi connectivity index (χ1) is 9.08. The van der Waals surface area contributed by atoms with Crippen LogP contribution >= 0.6 is 0 Å². The summed E-state index contributed by atoms with van der Waals surface area (Å²) in [6.07, 6.45) is 3.56. The normalized spacial score (nSPS) is 16.6. The van der Waals surface area contributed by atoms with E-state index >= 15 is 0 Å². The van der Waals surface area contributed by atoms with Gasteiger partial charge < -0.3 is 10.4 Å². The molecular formula is C14H15F2NO2. The minimum atomic E-state index is -0.720. The van der Waals surface area contributed by atoms with Crippen molar-refractivity contribution >= 4 is 12.0 Å². The summed E-state index contributed by atoms with van der Waals surface area (Å²) in [6, 6.07) is 3.50. The van der Waals surface area contributed by atoms with Crippen molar-refractivity contribution < 1.29 is 18.7 Å². The number of amides is 1. The first-order valence-electron chi connectivity index (χ1n) is 6.16. The Morgan fingerprint density at radius 1 is 1.42 bits per heavy atom. The first-order valence-corrected chi connectivity index (χ1v) is 6.16. The Kier molecular flexibility index (Phi) is 4.27. The molecule has 0 radical (unpaired) electrons. The summed E-state index contributed by atoms with van der Waals surface area (Å²) in [7, 11) is 0. The lowest BCUT2D eigenvalue weighted by Gasteiger charge is -2.08. The number of carbonyl (C=O) groups excluding carboxylic acids is 1. The van der Waals surface area contributed by atoms with E-state index < -0.39 is 23.6 Å². The van der Waals surface area contributed by atoms with E-state index in [1.54, 1.807) is 0 Å². The van der Waals surface area contributed by atoms with Crippen molar-refractivity contribution in [2.24, 2.45) is 5.92 Å². The summed E-state index contributed by atoms with van der Waals surface area (Å²) in [4.78, 5) is 11.4. The number of rotatable bonds is 5. The van der Waals surface area contributed by atoms with E-state index in [1.165, 1.54) is 6.07 Å². The Bertz CT molecular complexity index is 478. The van der Waals surface area contributed by atoms with Crippen molar-refractivity contribution in [2.75, 3.05) is 6.54 Å². The molecule has 1 aliphatic rings. The fraction of sp³-hybridized carbons (Fsp3) is 0.357. The van der Waals surface area contributed by atoms with Crippen LogP contribution in [0.25, 0.3) is 6.08 Å². The molecule has 0 aliphatic heterocycles. The number of halogens is 2. The zero-order valence-electron chi connectivity index (χ0n) is 10.3. The van der Waals surface area contributed by atoms with Crippen LogP contribution in [0.2, 0.25) is 0 Å². The van der Waals surface area contributed by atoms with Crippen LogP contribution in [0.15, 0.2) is 24.3 Å². The van der Waals surface area contributed by atoms with Crippen LogP contribution in [-0.4, -0.2) is 23.7 Å². The molecule has 102 valence electrons. The van der Waals surface area contributed by atoms with Crippen molar-refractivity contribution in [3.05, 3.63) is 41.5 Å². The third-order valence-electron chi connectivity index (χ3n) is 3.05. The summed E-state index contributed by atoms with van der Waals surface area (Å²) in [5.41, 5.74) is -0.250. The fourth-order valence-electron chi connectivity index (χ4n) is 1.74. The Labute approximate surface area is 109 Å². The zero-order valence-corrected chi connectivity index (χ0v) is 10.3. The van der Waals surface area contributed by atoms with Gasteiger partial charge in [0.05, 0.1) is 6.10 Å². The second-order valence-corrected chi connectivity index (χ2v) is 4.62. The van der Waals surface area contributed by atoms with E-state index in [0.29, 0.717) is 0 Å². The zero-order chi connectivity index (χ0) is 13.8. The molecule has 1 saturated carbocycles. The van der Waals surface area contributed by atoms with E-state index in [4.69, 9.17) is 0 Å². The molecule has 0 spiro atoms. The van der Waals surface area contributed by atoms with Crippen LogP contribution in [0.4, 0.5) is 8.78 Å². The molecule has 1 fully saturated rings. The number of hydrogen-bond acceptors (Lipinski definition) is 2. The van der Waals surface area contributed by atoms with Gasteiger partial charge in [-0.05, 0) is 37.0 Å². The topological polar surface area (TPSA) is 49.3 Å². The molecule has 0 bridgehead atoms. The predicted octanol–water partition coefficient (Wildman–Crippen LogP) is 1.87. The molecular weight excluding hydrogens is 252 g/mol. The number of benzene rings is 1. The highest BCUT2D eigenvalue weighted by Gasteiger charge is 2.29. The average Bonchev–Trinajstić information content (AvgIpc) is 3.19. The molecule has 19 heavy (non-hydrogen) atoms. The highest BCUT2D eigenvalue weighted by molar-refractivity contribution is 5.91. The van der Waals surface area contributed by atoms with E-state index in [-0.39, 0.29) is 18.0 Å². The lowest BCUT2D eigenvalue weighted by molar-refractivity contribution is -0.116. The number of carbonyl (C=O) groups is 1. The van der Waals surface area contributed by atoms with Crippen LogP contribution in [0.1, 0.15) is 18.4 Å². The summed E-state index contributed by atoms with van der Waals surface area (Å²) < 4.78 is 26.5. The Balaban J connectivity index is 1.88. The maximum absolute atomic E-state index is 13.3. The van der Waals surface area contributed by atoms with E-state index in [9.17, 15) is 18.7 Å². The number of aliphatic hydroxyl groups excluding tert-OH is 1. The van der Waals surface area contributed by atoms with Crippen molar-refractivity contribution in [2.45, 2.75) is 18.9 Å². The summed E-state index contributed by atoms with van der Waals surface area (Å²) in [5.74, 6) is -1.65. The number of nitrogens with one attached hydrogen (secondary N) is 1. The third-order valence-corrected chi connectivity index (χ3v) is 3.05. The van der Waals surface area contributed by atoms with Crippen LogP contribution in [0.3, 0.4) is 0 Å². The second-order valence-electron chi connectivity index (χ2n) is 4.62. The van der Waals surface area contributed by atoms with Gasteiger partial charge in [0.25, 0.3) is 0 Å². The minimum absolute atomic E-state index is 0.160. The molecule has 1 amide bonds. The Morgan fingerprint density at radius 3 is 2.63 bits per heavy atom. The van der Waals surface area contributed by atoms with Crippen molar-refractivity contribution in [3.8, 4) is 0 Å². The summed E-state index contributed by atoms with van der Waals surface area (Å²) >= 11 is 0. The summed E-state index contributed by atoms with van der Waals surface area (Å²) in [5, 5.41) is 12.0. The fourth-order valence-corrected chi connectivity index (χ4v) is 1.74. The smallest absolute Gasteiger partial charge is 0.244 e. The van der Waals surface area contributed by atoms with Gasteiger partial charge in [0.2, 0.25) is 5.91 Å². The van der Waals surface area contributed by atoms with Crippen molar-refractivity contribution in [3.63, 3.8) is 0 Å². The van der Waals surface area contributed by atoms with Gasteiger partial charge in [-0.15, -0.1) is 0 Å². The molecule has 2 rings (SSSR count). The molecule has 3 nitrogen and oxygen atoms in total. The van der Waals surface area contributed by atoms with Gasteiger partial charge in [0.1, 0.15) is 11.6 Å². The monoisotopic (exact) mass is 267 g/mol. The minimum Gasteiger partial charge on any atom is -0.391 e. The van der Waals surface area contributed by atoms with Gasteiger partial charge in [-0.3, -0.25) is 4.79 Å². The highest BCUT2D eigenvalue weighted by atomic mass is 19.1. The molecule has 1 unspecified atom stereocenters. The van der Waals surface area contributed by atoms with Crippen LogP contribution < -0.4 is 5.32 Å². The lowest BCUT2D eigenvalue weighted by Crippen LogP contribution is -2.31. The maximum atomic E-state index is 13.3. The van der Waals surface area contributed by atoms with E-state index in [1.807, 2.05) is 0 Å². The molecule has 1 aliphatic carbocycles. The molecule has 0 heterocycles. The van der Waals surface area contributed by atoms with Crippen LogP contribution in [-0.2, 0) is 4.79 Å². The first kappa shape index (κ1) is 13.7. The molecule has 5 heteroatoms. The highest BCUT2D eigenvalue weighted by Crippen LogP contribution is 2.32. The quantitative estimate of drug-likeness (QED) is 0.800. The molecule has 2 N–H and O–H groups in total. The maximum Gasteiger partial charge on any atom is 0.244 e. The molecule has 0 saturated heterocycles. The van der Waals surface area contributed by atoms with E-state index in [2.05, 4.69) is 5.32 Å². The average molecular weight is 267 g/mol. The van der Waals surface area contributed by atoms with E-state index in [0.717, 1.165) is 37.1 Å². The second kappa shape index (κ2) is 5.93. The molecule has 0 aromatic heterocycles. The third kappa shape index (κ3) is 3.86. The van der Waals surface area contributed by atoms with Gasteiger partial charge in [-0.2, -0.15) is 0 Å². The Hall–Kier alpha value is -1.75. The largest absolute Gasteiger partial charge is 0.391 e. The van der Waals surface area contributed by atoms with Crippen LogP contribution in [0, 0.1) is 17.6 Å². The molecule has 1 atom stereocenters.